The summed E-state index contributed by atoms with van der Waals surface area (Å²) < 4.78 is 6.95. The van der Waals surface area contributed by atoms with E-state index in [1.54, 1.807) is 10.7 Å². The Balaban J connectivity index is 1.61. The van der Waals surface area contributed by atoms with Crippen molar-refractivity contribution in [2.45, 2.75) is 13.8 Å². The zero-order valence-electron chi connectivity index (χ0n) is 17.4. The number of carbonyl (C=O) groups is 2. The molecule has 3 aromatic carbocycles. The highest BCUT2D eigenvalue weighted by atomic mass is 16.5. The van der Waals surface area contributed by atoms with E-state index in [0.29, 0.717) is 11.3 Å². The van der Waals surface area contributed by atoms with Crippen LogP contribution in [0.1, 0.15) is 32.0 Å². The summed E-state index contributed by atoms with van der Waals surface area (Å²) in [6.07, 6.45) is 0. The first-order chi connectivity index (χ1) is 15.0. The number of ether oxygens (including phenoxy) is 1. The molecule has 0 aliphatic carbocycles. The topological polar surface area (TPSA) is 61.2 Å². The Morgan fingerprint density at radius 1 is 0.871 bits per heavy atom. The van der Waals surface area contributed by atoms with Gasteiger partial charge in [0.05, 0.1) is 11.4 Å². The lowest BCUT2D eigenvalue weighted by Crippen LogP contribution is -2.18. The monoisotopic (exact) mass is 410 g/mol. The zero-order chi connectivity index (χ0) is 21.8. The molecule has 0 N–H and O–H groups in total. The molecule has 4 aromatic rings. The van der Waals surface area contributed by atoms with Gasteiger partial charge in [0.2, 0.25) is 5.78 Å². The smallest absolute Gasteiger partial charge is 0.357 e. The largest absolute Gasteiger partial charge is 0.453 e. The van der Waals surface area contributed by atoms with Gasteiger partial charge >= 0.3 is 5.97 Å². The molecule has 5 nitrogen and oxygen atoms in total. The Labute approximate surface area is 180 Å². The van der Waals surface area contributed by atoms with Crippen molar-refractivity contribution in [2.75, 3.05) is 6.61 Å². The molecule has 0 radical (unpaired) electrons. The Hall–Kier alpha value is -3.99. The lowest BCUT2D eigenvalue weighted by Gasteiger charge is -2.09. The third-order valence-corrected chi connectivity index (χ3v) is 5.02. The molecule has 0 unspecified atom stereocenters. The standard InChI is InChI=1S/C26H22N2O3/c1-18-13-14-19(2)22(15-18)25(29)17-31-26(30)24-16-23(20-9-5-3-6-10-20)27-28(24)21-11-7-4-8-12-21/h3-16H,17H2,1-2H3. The molecule has 0 fully saturated rings. The first-order valence-corrected chi connectivity index (χ1v) is 10.0. The summed E-state index contributed by atoms with van der Waals surface area (Å²) in [7, 11) is 0. The molecule has 0 saturated heterocycles. The van der Waals surface area contributed by atoms with E-state index in [0.717, 1.165) is 22.4 Å². The van der Waals surface area contributed by atoms with Gasteiger partial charge in [-0.3, -0.25) is 4.79 Å². The summed E-state index contributed by atoms with van der Waals surface area (Å²) in [6, 6.07) is 26.3. The van der Waals surface area contributed by atoms with Crippen molar-refractivity contribution in [3.05, 3.63) is 107 Å². The lowest BCUT2D eigenvalue weighted by atomic mass is 10.0. The van der Waals surface area contributed by atoms with Crippen LogP contribution >= 0.6 is 0 Å². The second-order valence-corrected chi connectivity index (χ2v) is 7.35. The van der Waals surface area contributed by atoms with Gasteiger partial charge in [0.25, 0.3) is 0 Å². The second-order valence-electron chi connectivity index (χ2n) is 7.35. The Morgan fingerprint density at radius 3 is 2.26 bits per heavy atom. The zero-order valence-corrected chi connectivity index (χ0v) is 17.4. The molecule has 0 atom stereocenters. The van der Waals surface area contributed by atoms with Crippen LogP contribution in [-0.4, -0.2) is 28.1 Å². The van der Waals surface area contributed by atoms with Crippen molar-refractivity contribution < 1.29 is 14.3 Å². The van der Waals surface area contributed by atoms with Crippen molar-refractivity contribution in [2.24, 2.45) is 0 Å². The summed E-state index contributed by atoms with van der Waals surface area (Å²) in [4.78, 5) is 25.6. The molecule has 1 heterocycles. The van der Waals surface area contributed by atoms with Crippen molar-refractivity contribution in [3.8, 4) is 16.9 Å². The average Bonchev–Trinajstić information content (AvgIpc) is 3.26. The first kappa shape index (κ1) is 20.3. The fourth-order valence-corrected chi connectivity index (χ4v) is 3.36. The first-order valence-electron chi connectivity index (χ1n) is 10.0. The number of hydrogen-bond acceptors (Lipinski definition) is 4. The number of rotatable bonds is 6. The molecule has 0 amide bonds. The molecule has 154 valence electrons. The third-order valence-electron chi connectivity index (χ3n) is 5.02. The number of ketones is 1. The normalized spacial score (nSPS) is 10.6. The molecular weight excluding hydrogens is 388 g/mol. The number of carbonyl (C=O) groups excluding carboxylic acids is 2. The van der Waals surface area contributed by atoms with Gasteiger partial charge in [0, 0.05) is 11.1 Å². The predicted molar refractivity (Wildman–Crippen MR) is 120 cm³/mol. The number of hydrogen-bond donors (Lipinski definition) is 0. The van der Waals surface area contributed by atoms with Crippen LogP contribution in [0.5, 0.6) is 0 Å². The molecule has 0 aliphatic heterocycles. The summed E-state index contributed by atoms with van der Waals surface area (Å²) in [5.41, 5.74) is 4.93. The van der Waals surface area contributed by atoms with Crippen LogP contribution < -0.4 is 0 Å². The maximum atomic E-state index is 12.9. The van der Waals surface area contributed by atoms with Crippen LogP contribution in [0.4, 0.5) is 0 Å². The minimum absolute atomic E-state index is 0.233. The highest BCUT2D eigenvalue weighted by Crippen LogP contribution is 2.22. The van der Waals surface area contributed by atoms with Gasteiger partial charge in [-0.2, -0.15) is 5.10 Å². The minimum Gasteiger partial charge on any atom is -0.453 e. The minimum atomic E-state index is -0.600. The van der Waals surface area contributed by atoms with E-state index >= 15 is 0 Å². The van der Waals surface area contributed by atoms with Gasteiger partial charge in [0.1, 0.15) is 0 Å². The van der Waals surface area contributed by atoms with Crippen LogP contribution in [0.25, 0.3) is 16.9 Å². The number of aryl methyl sites for hydroxylation is 2. The number of para-hydroxylation sites is 1. The van der Waals surface area contributed by atoms with Crippen LogP contribution in [0, 0.1) is 13.8 Å². The van der Waals surface area contributed by atoms with Gasteiger partial charge in [-0.25, -0.2) is 9.48 Å². The van der Waals surface area contributed by atoms with Gasteiger partial charge in [-0.1, -0.05) is 66.2 Å². The number of benzene rings is 3. The Kier molecular flexibility index (Phi) is 5.76. The molecule has 0 bridgehead atoms. The number of esters is 1. The molecule has 1 aromatic heterocycles. The molecule has 0 aliphatic rings. The Bertz CT molecular complexity index is 1230. The molecule has 0 spiro atoms. The fourth-order valence-electron chi connectivity index (χ4n) is 3.36. The Morgan fingerprint density at radius 2 is 1.55 bits per heavy atom. The molecule has 5 heteroatoms. The number of aromatic nitrogens is 2. The maximum Gasteiger partial charge on any atom is 0.357 e. The van der Waals surface area contributed by atoms with Crippen LogP contribution in [0.15, 0.2) is 84.9 Å². The fraction of sp³-hybridized carbons (Fsp3) is 0.115. The van der Waals surface area contributed by atoms with Gasteiger partial charge < -0.3 is 4.74 Å². The van der Waals surface area contributed by atoms with Crippen molar-refractivity contribution in [3.63, 3.8) is 0 Å². The summed E-state index contributed by atoms with van der Waals surface area (Å²) >= 11 is 0. The highest BCUT2D eigenvalue weighted by Gasteiger charge is 2.20. The number of Topliss-reactive ketones (excluding diaryl/α,β-unsaturated/α-hetero) is 1. The molecule has 4 rings (SSSR count). The van der Waals surface area contributed by atoms with Gasteiger partial charge in [-0.15, -0.1) is 0 Å². The van der Waals surface area contributed by atoms with E-state index in [1.807, 2.05) is 92.7 Å². The van der Waals surface area contributed by atoms with E-state index in [-0.39, 0.29) is 18.1 Å². The maximum absolute atomic E-state index is 12.9. The van der Waals surface area contributed by atoms with E-state index in [9.17, 15) is 9.59 Å². The van der Waals surface area contributed by atoms with Crippen LogP contribution in [-0.2, 0) is 4.74 Å². The van der Waals surface area contributed by atoms with Crippen molar-refractivity contribution in [1.29, 1.82) is 0 Å². The second kappa shape index (κ2) is 8.79. The SMILES string of the molecule is Cc1ccc(C)c(C(=O)COC(=O)c2cc(-c3ccccc3)nn2-c2ccccc2)c1. The van der Waals surface area contributed by atoms with Gasteiger partial charge in [0.15, 0.2) is 12.3 Å². The quantitative estimate of drug-likeness (QED) is 0.324. The van der Waals surface area contributed by atoms with Crippen molar-refractivity contribution >= 4 is 11.8 Å². The molecule has 0 saturated carbocycles. The molecule has 31 heavy (non-hydrogen) atoms. The highest BCUT2D eigenvalue weighted by molar-refractivity contribution is 6.00. The van der Waals surface area contributed by atoms with E-state index in [4.69, 9.17) is 4.74 Å². The van der Waals surface area contributed by atoms with Crippen molar-refractivity contribution in [1.82, 2.24) is 9.78 Å². The summed E-state index contributed by atoms with van der Waals surface area (Å²) in [6.45, 7) is 3.46. The average molecular weight is 410 g/mol. The summed E-state index contributed by atoms with van der Waals surface area (Å²) in [5.74, 6) is -0.833. The van der Waals surface area contributed by atoms with E-state index in [1.165, 1.54) is 0 Å². The summed E-state index contributed by atoms with van der Waals surface area (Å²) in [5, 5.41) is 4.61. The lowest BCUT2D eigenvalue weighted by molar-refractivity contribution is 0.0465. The van der Waals surface area contributed by atoms with E-state index in [2.05, 4.69) is 5.10 Å². The van der Waals surface area contributed by atoms with Crippen LogP contribution in [0.3, 0.4) is 0 Å². The molecular formula is C26H22N2O3. The third kappa shape index (κ3) is 4.46. The van der Waals surface area contributed by atoms with Gasteiger partial charge in [-0.05, 0) is 43.7 Å². The van der Waals surface area contributed by atoms with E-state index < -0.39 is 5.97 Å². The number of nitrogens with zero attached hydrogens (tertiary/aromatic N) is 2. The predicted octanol–water partition coefficient (Wildman–Crippen LogP) is 5.20. The van der Waals surface area contributed by atoms with Crippen LogP contribution in [0.2, 0.25) is 0 Å².